The quantitative estimate of drug-likeness (QED) is 0.432. The van der Waals surface area contributed by atoms with E-state index in [4.69, 9.17) is 16.3 Å². The van der Waals surface area contributed by atoms with E-state index in [1.54, 1.807) is 25.1 Å². The van der Waals surface area contributed by atoms with Gasteiger partial charge in [-0.2, -0.15) is 0 Å². The van der Waals surface area contributed by atoms with Crippen LogP contribution >= 0.6 is 11.6 Å². The fraction of sp³-hybridized carbons (Fsp3) is 0.136. The molecule has 11 heteroatoms. The van der Waals surface area contributed by atoms with Gasteiger partial charge in [0.1, 0.15) is 28.4 Å². The average molecular weight is 495 g/mol. The van der Waals surface area contributed by atoms with Crippen LogP contribution in [0.5, 0.6) is 11.5 Å². The first-order chi connectivity index (χ1) is 15.6. The lowest BCUT2D eigenvalue weighted by molar-refractivity contribution is 0.0932. The van der Waals surface area contributed by atoms with Crippen molar-refractivity contribution in [3.63, 3.8) is 0 Å². The largest absolute Gasteiger partial charge is 0.505 e. The number of fused-ring (bicyclic) bond motifs is 6. The third kappa shape index (κ3) is 4.44. The highest BCUT2D eigenvalue weighted by molar-refractivity contribution is 7.92. The predicted molar refractivity (Wildman–Crippen MR) is 118 cm³/mol. The van der Waals surface area contributed by atoms with Crippen molar-refractivity contribution < 1.29 is 31.8 Å². The zero-order chi connectivity index (χ0) is 23.9. The number of anilines is 1. The maximum Gasteiger partial charge on any atom is 0.265 e. The molecule has 4 rings (SSSR count). The lowest BCUT2D eigenvalue weighted by Crippen LogP contribution is -2.33. The van der Waals surface area contributed by atoms with Gasteiger partial charge >= 0.3 is 0 Å². The van der Waals surface area contributed by atoms with E-state index >= 15 is 0 Å². The van der Waals surface area contributed by atoms with Crippen molar-refractivity contribution in [1.29, 1.82) is 0 Å². The Labute approximate surface area is 193 Å². The highest BCUT2D eigenvalue weighted by Crippen LogP contribution is 2.37. The number of hydrogen-bond donors (Lipinski definition) is 3. The normalized spacial score (nSPS) is 17.5. The van der Waals surface area contributed by atoms with E-state index in [1.807, 2.05) is 4.72 Å². The van der Waals surface area contributed by atoms with Crippen LogP contribution in [0.1, 0.15) is 17.3 Å². The maximum absolute atomic E-state index is 14.7. The van der Waals surface area contributed by atoms with E-state index in [9.17, 15) is 27.1 Å². The van der Waals surface area contributed by atoms with Crippen molar-refractivity contribution in [3.05, 3.63) is 70.8 Å². The van der Waals surface area contributed by atoms with Crippen molar-refractivity contribution in [2.45, 2.75) is 17.9 Å². The van der Waals surface area contributed by atoms with Crippen LogP contribution in [-0.2, 0) is 10.0 Å². The SMILES string of the molecule is C[C@@H]1CNC(=O)c2cc(Cl)c(O)c(c2)S(=O)(=O)Nc2cc(c(F)cc2F)-c2ccccc2O1. The van der Waals surface area contributed by atoms with Crippen LogP contribution in [0.25, 0.3) is 11.1 Å². The first-order valence-electron chi connectivity index (χ1n) is 9.65. The van der Waals surface area contributed by atoms with Gasteiger partial charge in [-0.15, -0.1) is 0 Å². The summed E-state index contributed by atoms with van der Waals surface area (Å²) in [6, 6.07) is 9.89. The zero-order valence-corrected chi connectivity index (χ0v) is 18.6. The van der Waals surface area contributed by atoms with Gasteiger partial charge in [0.15, 0.2) is 5.75 Å². The Bertz CT molecular complexity index is 1380. The number of nitrogens with one attached hydrogen (secondary N) is 2. The molecule has 1 atom stereocenters. The molecular weight excluding hydrogens is 478 g/mol. The van der Waals surface area contributed by atoms with Gasteiger partial charge in [-0.05, 0) is 31.2 Å². The number of phenolic OH excluding ortho intramolecular Hbond substituents is 1. The monoisotopic (exact) mass is 494 g/mol. The molecule has 0 unspecified atom stereocenters. The molecule has 0 saturated carbocycles. The van der Waals surface area contributed by atoms with Gasteiger partial charge < -0.3 is 15.2 Å². The smallest absolute Gasteiger partial charge is 0.265 e. The fourth-order valence-electron chi connectivity index (χ4n) is 3.33. The minimum atomic E-state index is -4.64. The molecule has 0 saturated heterocycles. The summed E-state index contributed by atoms with van der Waals surface area (Å²) in [5, 5.41) is 12.4. The van der Waals surface area contributed by atoms with Gasteiger partial charge in [0.05, 0.1) is 17.3 Å². The average Bonchev–Trinajstić information content (AvgIpc) is 2.75. The molecule has 3 N–H and O–H groups in total. The summed E-state index contributed by atoms with van der Waals surface area (Å²) in [5.74, 6) is -3.38. The molecule has 172 valence electrons. The summed E-state index contributed by atoms with van der Waals surface area (Å²) in [7, 11) is -4.64. The number of sulfonamides is 1. The number of hydrogen-bond acceptors (Lipinski definition) is 5. The van der Waals surface area contributed by atoms with Gasteiger partial charge in [-0.1, -0.05) is 29.8 Å². The molecule has 0 fully saturated rings. The van der Waals surface area contributed by atoms with E-state index < -0.39 is 55.0 Å². The Kier molecular flexibility index (Phi) is 5.89. The van der Waals surface area contributed by atoms with Gasteiger partial charge in [-0.3, -0.25) is 9.52 Å². The van der Waals surface area contributed by atoms with Gasteiger partial charge in [0, 0.05) is 22.8 Å². The van der Waals surface area contributed by atoms with E-state index in [0.717, 1.165) is 18.2 Å². The van der Waals surface area contributed by atoms with Crippen molar-refractivity contribution in [1.82, 2.24) is 5.32 Å². The minimum Gasteiger partial charge on any atom is -0.505 e. The molecule has 3 aromatic carbocycles. The number of amides is 1. The highest BCUT2D eigenvalue weighted by Gasteiger charge is 2.26. The standard InChI is InChI=1S/C22H17ClF2N2O5S/c1-11-10-26-22(29)12-6-15(23)21(28)20(7-12)33(30,31)27-18-8-14(16(24)9-17(18)25)13-4-2-3-5-19(13)32-11/h2-9,11,27-28H,10H2,1H3,(H,26,29)/t11-/m1/s1. The molecule has 0 spiro atoms. The predicted octanol–water partition coefficient (Wildman–Crippen LogP) is 4.30. The number of para-hydroxylation sites is 1. The second-order valence-corrected chi connectivity index (χ2v) is 9.41. The van der Waals surface area contributed by atoms with Crippen LogP contribution in [0, 0.1) is 11.6 Å². The molecule has 33 heavy (non-hydrogen) atoms. The van der Waals surface area contributed by atoms with Gasteiger partial charge in [0.2, 0.25) is 0 Å². The summed E-state index contributed by atoms with van der Waals surface area (Å²) in [6.45, 7) is 1.69. The lowest BCUT2D eigenvalue weighted by Gasteiger charge is -2.18. The highest BCUT2D eigenvalue weighted by atomic mass is 35.5. The maximum atomic E-state index is 14.7. The summed E-state index contributed by atoms with van der Waals surface area (Å²) in [6.07, 6.45) is -0.572. The minimum absolute atomic E-state index is 0.0170. The zero-order valence-electron chi connectivity index (χ0n) is 17.0. The van der Waals surface area contributed by atoms with Crippen LogP contribution in [0.15, 0.2) is 53.4 Å². The van der Waals surface area contributed by atoms with E-state index in [1.165, 1.54) is 6.07 Å². The second kappa shape index (κ2) is 8.53. The number of rotatable bonds is 0. The first kappa shape index (κ1) is 22.8. The summed E-state index contributed by atoms with van der Waals surface area (Å²) >= 11 is 5.94. The van der Waals surface area contributed by atoms with Crippen LogP contribution < -0.4 is 14.8 Å². The number of phenols is 1. The second-order valence-electron chi connectivity index (χ2n) is 7.36. The number of ether oxygens (including phenoxy) is 1. The topological polar surface area (TPSA) is 105 Å². The Morgan fingerprint density at radius 3 is 2.58 bits per heavy atom. The number of aromatic hydroxyl groups is 1. The van der Waals surface area contributed by atoms with Crippen molar-refractivity contribution >= 4 is 33.2 Å². The number of carbonyl (C=O) groups is 1. The molecule has 4 bridgehead atoms. The van der Waals surface area contributed by atoms with Crippen LogP contribution in [-0.4, -0.2) is 32.1 Å². The van der Waals surface area contributed by atoms with Crippen molar-refractivity contribution in [2.24, 2.45) is 0 Å². The van der Waals surface area contributed by atoms with Crippen molar-refractivity contribution in [2.75, 3.05) is 11.3 Å². The Balaban J connectivity index is 1.96. The lowest BCUT2D eigenvalue weighted by atomic mass is 10.0. The van der Waals surface area contributed by atoms with Crippen LogP contribution in [0.4, 0.5) is 14.5 Å². The Morgan fingerprint density at radius 2 is 1.82 bits per heavy atom. The van der Waals surface area contributed by atoms with E-state index in [0.29, 0.717) is 6.07 Å². The molecule has 3 aromatic rings. The molecular formula is C22H17ClF2N2O5S. The third-order valence-electron chi connectivity index (χ3n) is 4.94. The Hall–Kier alpha value is -3.37. The van der Waals surface area contributed by atoms with Gasteiger partial charge in [0.25, 0.3) is 15.9 Å². The van der Waals surface area contributed by atoms with Crippen molar-refractivity contribution in [3.8, 4) is 22.6 Å². The number of benzene rings is 3. The summed E-state index contributed by atoms with van der Waals surface area (Å²) < 4.78 is 63.1. The first-order valence-corrected chi connectivity index (χ1v) is 11.5. The summed E-state index contributed by atoms with van der Waals surface area (Å²) in [5.41, 5.74) is -0.600. The van der Waals surface area contributed by atoms with Gasteiger partial charge in [-0.25, -0.2) is 17.2 Å². The molecule has 1 aliphatic rings. The fourth-order valence-corrected chi connectivity index (χ4v) is 4.81. The molecule has 1 heterocycles. The molecule has 0 aromatic heterocycles. The third-order valence-corrected chi connectivity index (χ3v) is 6.60. The van der Waals surface area contributed by atoms with Crippen LogP contribution in [0.3, 0.4) is 0 Å². The molecule has 7 nitrogen and oxygen atoms in total. The molecule has 1 aliphatic heterocycles. The van der Waals surface area contributed by atoms with E-state index in [2.05, 4.69) is 5.32 Å². The number of halogens is 3. The van der Waals surface area contributed by atoms with Crippen LogP contribution in [0.2, 0.25) is 5.02 Å². The number of carbonyl (C=O) groups excluding carboxylic acids is 1. The summed E-state index contributed by atoms with van der Waals surface area (Å²) in [4.78, 5) is 11.9. The molecule has 0 radical (unpaired) electrons. The Morgan fingerprint density at radius 1 is 1.09 bits per heavy atom. The van der Waals surface area contributed by atoms with E-state index in [-0.39, 0.29) is 29.0 Å². The molecule has 0 aliphatic carbocycles. The molecule has 1 amide bonds.